The number of hydrogen-bond donors (Lipinski definition) is 3. The predicted molar refractivity (Wildman–Crippen MR) is 66.4 cm³/mol. The van der Waals surface area contributed by atoms with Gasteiger partial charge in [0.05, 0.1) is 0 Å². The second kappa shape index (κ2) is 5.89. The molecule has 1 atom stereocenters. The van der Waals surface area contributed by atoms with E-state index in [4.69, 9.17) is 5.73 Å². The molecule has 0 aliphatic carbocycles. The molecule has 0 aliphatic rings. The Morgan fingerprint density at radius 3 is 2.24 bits per heavy atom. The Labute approximate surface area is 100 Å². The molecule has 0 radical (unpaired) electrons. The standard InChI is InChI=1S/C12H17N3O2/c1-8(2)10(15-12(13)17)11(16)14-9-6-4-3-5-7-9/h3-8,10H,1-2H3,(H,14,16)(H3,13,15,17). The van der Waals surface area contributed by atoms with Crippen LogP contribution >= 0.6 is 0 Å². The summed E-state index contributed by atoms with van der Waals surface area (Å²) in [5.74, 6) is -0.309. The summed E-state index contributed by atoms with van der Waals surface area (Å²) < 4.78 is 0. The van der Waals surface area contributed by atoms with E-state index in [0.29, 0.717) is 5.69 Å². The summed E-state index contributed by atoms with van der Waals surface area (Å²) in [4.78, 5) is 22.7. The zero-order valence-corrected chi connectivity index (χ0v) is 9.94. The lowest BCUT2D eigenvalue weighted by molar-refractivity contribution is -0.118. The lowest BCUT2D eigenvalue weighted by Crippen LogP contribution is -2.49. The normalized spacial score (nSPS) is 11.9. The van der Waals surface area contributed by atoms with Gasteiger partial charge in [-0.05, 0) is 18.1 Å². The molecule has 0 spiro atoms. The molecule has 0 aliphatic heterocycles. The number of nitrogens with two attached hydrogens (primary N) is 1. The van der Waals surface area contributed by atoms with E-state index in [-0.39, 0.29) is 11.8 Å². The van der Waals surface area contributed by atoms with E-state index in [0.717, 1.165) is 0 Å². The maximum atomic E-state index is 11.9. The number of urea groups is 1. The highest BCUT2D eigenvalue weighted by Gasteiger charge is 2.23. The number of anilines is 1. The van der Waals surface area contributed by atoms with Gasteiger partial charge in [-0.25, -0.2) is 4.79 Å². The molecule has 0 fully saturated rings. The number of carbonyl (C=O) groups is 2. The first kappa shape index (κ1) is 13.0. The Hall–Kier alpha value is -2.04. The number of hydrogen-bond acceptors (Lipinski definition) is 2. The Morgan fingerprint density at radius 1 is 1.18 bits per heavy atom. The Morgan fingerprint density at radius 2 is 1.76 bits per heavy atom. The van der Waals surface area contributed by atoms with Crippen molar-refractivity contribution in [2.45, 2.75) is 19.9 Å². The molecular weight excluding hydrogens is 218 g/mol. The SMILES string of the molecule is CC(C)C(NC(N)=O)C(=O)Nc1ccccc1. The maximum Gasteiger partial charge on any atom is 0.312 e. The summed E-state index contributed by atoms with van der Waals surface area (Å²) in [6.45, 7) is 3.68. The van der Waals surface area contributed by atoms with Gasteiger partial charge in [0.2, 0.25) is 5.91 Å². The fourth-order valence-electron chi connectivity index (χ4n) is 1.43. The van der Waals surface area contributed by atoms with Crippen LogP contribution in [0.2, 0.25) is 0 Å². The molecule has 0 bridgehead atoms. The number of carbonyl (C=O) groups excluding carboxylic acids is 2. The molecule has 5 heteroatoms. The van der Waals surface area contributed by atoms with Gasteiger partial charge in [0.1, 0.15) is 6.04 Å². The van der Waals surface area contributed by atoms with Crippen LogP contribution in [0.15, 0.2) is 30.3 Å². The second-order valence-electron chi connectivity index (χ2n) is 4.09. The van der Waals surface area contributed by atoms with Crippen LogP contribution in [0.25, 0.3) is 0 Å². The van der Waals surface area contributed by atoms with Gasteiger partial charge in [-0.2, -0.15) is 0 Å². The van der Waals surface area contributed by atoms with Crippen molar-refractivity contribution in [2.24, 2.45) is 11.7 Å². The highest BCUT2D eigenvalue weighted by atomic mass is 16.2. The molecule has 5 nitrogen and oxygen atoms in total. The maximum absolute atomic E-state index is 11.9. The summed E-state index contributed by atoms with van der Waals surface area (Å²) in [5, 5.41) is 5.15. The third kappa shape index (κ3) is 4.14. The van der Waals surface area contributed by atoms with E-state index in [1.807, 2.05) is 32.0 Å². The van der Waals surface area contributed by atoms with Crippen LogP contribution in [0.5, 0.6) is 0 Å². The van der Waals surface area contributed by atoms with Crippen LogP contribution in [0.1, 0.15) is 13.8 Å². The van der Waals surface area contributed by atoms with Gasteiger partial charge in [0, 0.05) is 5.69 Å². The molecule has 0 saturated heterocycles. The highest BCUT2D eigenvalue weighted by molar-refractivity contribution is 5.96. The molecule has 3 amide bonds. The number of nitrogens with one attached hydrogen (secondary N) is 2. The number of amides is 3. The number of para-hydroxylation sites is 1. The summed E-state index contributed by atoms with van der Waals surface area (Å²) in [6.07, 6.45) is 0. The smallest absolute Gasteiger partial charge is 0.312 e. The van der Waals surface area contributed by atoms with Gasteiger partial charge in [-0.15, -0.1) is 0 Å². The number of primary amides is 1. The van der Waals surface area contributed by atoms with Gasteiger partial charge in [-0.1, -0.05) is 32.0 Å². The average Bonchev–Trinajstić information content (AvgIpc) is 2.26. The van der Waals surface area contributed by atoms with E-state index >= 15 is 0 Å². The van der Waals surface area contributed by atoms with E-state index in [1.165, 1.54) is 0 Å². The topological polar surface area (TPSA) is 84.2 Å². The van der Waals surface area contributed by atoms with Crippen LogP contribution in [0.3, 0.4) is 0 Å². The Balaban J connectivity index is 2.69. The van der Waals surface area contributed by atoms with E-state index in [2.05, 4.69) is 10.6 Å². The molecule has 1 rings (SSSR count). The molecule has 17 heavy (non-hydrogen) atoms. The minimum atomic E-state index is -0.702. The largest absolute Gasteiger partial charge is 0.352 e. The quantitative estimate of drug-likeness (QED) is 0.735. The summed E-state index contributed by atoms with van der Waals surface area (Å²) >= 11 is 0. The minimum Gasteiger partial charge on any atom is -0.352 e. The molecule has 0 saturated carbocycles. The molecule has 1 aromatic carbocycles. The van der Waals surface area contributed by atoms with Gasteiger partial charge < -0.3 is 16.4 Å². The summed E-state index contributed by atoms with van der Waals surface area (Å²) in [6, 6.07) is 7.72. The zero-order valence-electron chi connectivity index (χ0n) is 9.94. The number of rotatable bonds is 4. The first-order valence-corrected chi connectivity index (χ1v) is 5.42. The van der Waals surface area contributed by atoms with Crippen molar-refractivity contribution in [1.82, 2.24) is 5.32 Å². The third-order valence-electron chi connectivity index (χ3n) is 2.29. The van der Waals surface area contributed by atoms with Crippen LogP contribution in [0.4, 0.5) is 10.5 Å². The van der Waals surface area contributed by atoms with Crippen LogP contribution < -0.4 is 16.4 Å². The Kier molecular flexibility index (Phi) is 4.51. The molecular formula is C12H17N3O2. The van der Waals surface area contributed by atoms with Crippen molar-refractivity contribution in [2.75, 3.05) is 5.32 Å². The fourth-order valence-corrected chi connectivity index (χ4v) is 1.43. The average molecular weight is 235 g/mol. The van der Waals surface area contributed by atoms with Gasteiger partial charge in [0.25, 0.3) is 0 Å². The first-order valence-electron chi connectivity index (χ1n) is 5.42. The molecule has 1 unspecified atom stereocenters. The van der Waals surface area contributed by atoms with Crippen molar-refractivity contribution in [3.8, 4) is 0 Å². The first-order chi connectivity index (χ1) is 8.00. The van der Waals surface area contributed by atoms with Crippen LogP contribution in [-0.4, -0.2) is 18.0 Å². The minimum absolute atomic E-state index is 0.0359. The van der Waals surface area contributed by atoms with E-state index in [9.17, 15) is 9.59 Å². The van der Waals surface area contributed by atoms with Crippen molar-refractivity contribution in [3.05, 3.63) is 30.3 Å². The summed E-state index contributed by atoms with van der Waals surface area (Å²) in [7, 11) is 0. The molecule has 92 valence electrons. The van der Waals surface area contributed by atoms with E-state index in [1.54, 1.807) is 12.1 Å². The zero-order chi connectivity index (χ0) is 12.8. The highest BCUT2D eigenvalue weighted by Crippen LogP contribution is 2.08. The van der Waals surface area contributed by atoms with Crippen LogP contribution in [-0.2, 0) is 4.79 Å². The van der Waals surface area contributed by atoms with Crippen molar-refractivity contribution < 1.29 is 9.59 Å². The van der Waals surface area contributed by atoms with Crippen molar-refractivity contribution in [3.63, 3.8) is 0 Å². The van der Waals surface area contributed by atoms with Crippen molar-refractivity contribution >= 4 is 17.6 Å². The van der Waals surface area contributed by atoms with Gasteiger partial charge in [-0.3, -0.25) is 4.79 Å². The van der Waals surface area contributed by atoms with Gasteiger partial charge in [0.15, 0.2) is 0 Å². The summed E-state index contributed by atoms with van der Waals surface area (Å²) in [5.41, 5.74) is 5.72. The molecule has 0 aromatic heterocycles. The molecule has 1 aromatic rings. The van der Waals surface area contributed by atoms with E-state index < -0.39 is 12.1 Å². The van der Waals surface area contributed by atoms with Crippen LogP contribution in [0, 0.1) is 5.92 Å². The lowest BCUT2D eigenvalue weighted by Gasteiger charge is -2.20. The molecule has 0 heterocycles. The second-order valence-corrected chi connectivity index (χ2v) is 4.09. The molecule has 4 N–H and O–H groups in total. The van der Waals surface area contributed by atoms with Crippen molar-refractivity contribution in [1.29, 1.82) is 0 Å². The van der Waals surface area contributed by atoms with Gasteiger partial charge >= 0.3 is 6.03 Å². The number of benzene rings is 1. The predicted octanol–water partition coefficient (Wildman–Crippen LogP) is 1.32. The third-order valence-corrected chi connectivity index (χ3v) is 2.29. The monoisotopic (exact) mass is 235 g/mol. The fraction of sp³-hybridized carbons (Fsp3) is 0.333. The Bertz CT molecular complexity index is 390. The lowest BCUT2D eigenvalue weighted by atomic mass is 10.0.